The number of carbonyl (C=O) groups excluding carboxylic acids is 2. The van der Waals surface area contributed by atoms with Gasteiger partial charge in [-0.2, -0.15) is 0 Å². The predicted molar refractivity (Wildman–Crippen MR) is 96.4 cm³/mol. The Labute approximate surface area is 156 Å². The van der Waals surface area contributed by atoms with E-state index < -0.39 is 6.10 Å². The monoisotopic (exact) mass is 410 g/mol. The summed E-state index contributed by atoms with van der Waals surface area (Å²) in [4.78, 5) is 28.5. The second-order valence-electron chi connectivity index (χ2n) is 6.37. The van der Waals surface area contributed by atoms with E-state index in [4.69, 9.17) is 9.47 Å². The molecule has 2 amide bonds. The van der Waals surface area contributed by atoms with Crippen LogP contribution in [0.15, 0.2) is 28.7 Å². The summed E-state index contributed by atoms with van der Waals surface area (Å²) in [5.74, 6) is 0.673. The molecule has 25 heavy (non-hydrogen) atoms. The molecule has 2 atom stereocenters. The van der Waals surface area contributed by atoms with Gasteiger partial charge in [0, 0.05) is 37.3 Å². The van der Waals surface area contributed by atoms with E-state index in [1.165, 1.54) is 0 Å². The van der Waals surface area contributed by atoms with Gasteiger partial charge in [-0.3, -0.25) is 9.59 Å². The van der Waals surface area contributed by atoms with Gasteiger partial charge in [-0.15, -0.1) is 0 Å². The van der Waals surface area contributed by atoms with Crippen LogP contribution in [-0.4, -0.2) is 66.6 Å². The molecular formula is C18H23BrN2O4. The van der Waals surface area contributed by atoms with Crippen LogP contribution < -0.4 is 4.74 Å². The zero-order valence-electron chi connectivity index (χ0n) is 14.3. The van der Waals surface area contributed by atoms with Crippen LogP contribution >= 0.6 is 15.9 Å². The SMILES string of the molecule is CC(Oc1ccc(Br)cc1)C(=O)N1CCN(C(=O)C2CCCO2)CC1. The standard InChI is InChI=1S/C18H23BrN2O4/c1-13(25-15-6-4-14(19)5-7-15)17(22)20-8-10-21(11-9-20)18(23)16-3-2-12-24-16/h4-7,13,16H,2-3,8-12H2,1H3. The molecule has 2 heterocycles. The first kappa shape index (κ1) is 18.2. The van der Waals surface area contributed by atoms with Crippen LogP contribution in [0.3, 0.4) is 0 Å². The van der Waals surface area contributed by atoms with Gasteiger partial charge in [-0.1, -0.05) is 15.9 Å². The van der Waals surface area contributed by atoms with E-state index in [1.807, 2.05) is 24.3 Å². The van der Waals surface area contributed by atoms with Crippen LogP contribution in [0.2, 0.25) is 0 Å². The van der Waals surface area contributed by atoms with Crippen molar-refractivity contribution in [3.63, 3.8) is 0 Å². The molecule has 0 spiro atoms. The summed E-state index contributed by atoms with van der Waals surface area (Å²) in [6.07, 6.45) is 0.902. The summed E-state index contributed by atoms with van der Waals surface area (Å²) < 4.78 is 12.2. The topological polar surface area (TPSA) is 59.1 Å². The highest BCUT2D eigenvalue weighted by atomic mass is 79.9. The summed E-state index contributed by atoms with van der Waals surface area (Å²) in [6.45, 7) is 4.59. The minimum Gasteiger partial charge on any atom is -0.481 e. The largest absolute Gasteiger partial charge is 0.481 e. The molecule has 0 radical (unpaired) electrons. The predicted octanol–water partition coefficient (Wildman–Crippen LogP) is 2.07. The molecule has 1 aromatic carbocycles. The number of ether oxygens (including phenoxy) is 2. The molecule has 0 aromatic heterocycles. The summed E-state index contributed by atoms with van der Waals surface area (Å²) in [5.41, 5.74) is 0. The van der Waals surface area contributed by atoms with Gasteiger partial charge in [0.15, 0.2) is 6.10 Å². The first-order chi connectivity index (χ1) is 12.0. The van der Waals surface area contributed by atoms with Gasteiger partial charge in [0.05, 0.1) is 0 Å². The Hall–Kier alpha value is -1.60. The van der Waals surface area contributed by atoms with E-state index in [0.717, 1.165) is 17.3 Å². The molecule has 3 rings (SSSR count). The van der Waals surface area contributed by atoms with Crippen molar-refractivity contribution < 1.29 is 19.1 Å². The van der Waals surface area contributed by atoms with Gasteiger partial charge in [-0.05, 0) is 44.0 Å². The van der Waals surface area contributed by atoms with Gasteiger partial charge in [0.25, 0.3) is 11.8 Å². The van der Waals surface area contributed by atoms with Crippen molar-refractivity contribution in [1.29, 1.82) is 0 Å². The zero-order valence-corrected chi connectivity index (χ0v) is 15.9. The third-order valence-corrected chi connectivity index (χ3v) is 5.11. The molecule has 2 aliphatic rings. The van der Waals surface area contributed by atoms with Crippen molar-refractivity contribution in [2.45, 2.75) is 32.0 Å². The van der Waals surface area contributed by atoms with Crippen LogP contribution in [-0.2, 0) is 14.3 Å². The molecule has 0 aliphatic carbocycles. The van der Waals surface area contributed by atoms with Crippen molar-refractivity contribution in [3.05, 3.63) is 28.7 Å². The molecular weight excluding hydrogens is 388 g/mol. The minimum absolute atomic E-state index is 0.0489. The smallest absolute Gasteiger partial charge is 0.263 e. The van der Waals surface area contributed by atoms with E-state index in [-0.39, 0.29) is 17.9 Å². The molecule has 1 aromatic rings. The average Bonchev–Trinajstić information content (AvgIpc) is 3.17. The highest BCUT2D eigenvalue weighted by molar-refractivity contribution is 9.10. The minimum atomic E-state index is -0.554. The number of piperazine rings is 1. The number of carbonyl (C=O) groups is 2. The number of hydrogen-bond donors (Lipinski definition) is 0. The molecule has 136 valence electrons. The number of benzene rings is 1. The Balaban J connectivity index is 1.48. The molecule has 2 saturated heterocycles. The van der Waals surface area contributed by atoms with Gasteiger partial charge < -0.3 is 19.3 Å². The van der Waals surface area contributed by atoms with Crippen LogP contribution in [0.5, 0.6) is 5.75 Å². The molecule has 0 N–H and O–H groups in total. The third-order valence-electron chi connectivity index (χ3n) is 4.58. The molecule has 2 unspecified atom stereocenters. The second kappa shape index (κ2) is 8.19. The average molecular weight is 411 g/mol. The Bertz CT molecular complexity index is 608. The van der Waals surface area contributed by atoms with Gasteiger partial charge in [-0.25, -0.2) is 0 Å². The van der Waals surface area contributed by atoms with Gasteiger partial charge in [0.2, 0.25) is 0 Å². The van der Waals surface area contributed by atoms with E-state index in [9.17, 15) is 9.59 Å². The van der Waals surface area contributed by atoms with Crippen molar-refractivity contribution in [2.75, 3.05) is 32.8 Å². The summed E-state index contributed by atoms with van der Waals surface area (Å²) in [7, 11) is 0. The summed E-state index contributed by atoms with van der Waals surface area (Å²) >= 11 is 3.37. The number of hydrogen-bond acceptors (Lipinski definition) is 4. The lowest BCUT2D eigenvalue weighted by atomic mass is 10.2. The van der Waals surface area contributed by atoms with Crippen molar-refractivity contribution in [3.8, 4) is 5.75 Å². The molecule has 6 nitrogen and oxygen atoms in total. The van der Waals surface area contributed by atoms with Crippen LogP contribution in [0, 0.1) is 0 Å². The lowest BCUT2D eigenvalue weighted by molar-refractivity contribution is -0.148. The van der Waals surface area contributed by atoms with Crippen LogP contribution in [0.1, 0.15) is 19.8 Å². The van der Waals surface area contributed by atoms with E-state index in [0.29, 0.717) is 38.5 Å². The van der Waals surface area contributed by atoms with Crippen molar-refractivity contribution in [2.24, 2.45) is 0 Å². The lowest BCUT2D eigenvalue weighted by Crippen LogP contribution is -2.54. The second-order valence-corrected chi connectivity index (χ2v) is 7.28. The van der Waals surface area contributed by atoms with Gasteiger partial charge in [0.1, 0.15) is 11.9 Å². The Kier molecular flexibility index (Phi) is 5.96. The van der Waals surface area contributed by atoms with E-state index in [2.05, 4.69) is 15.9 Å². The molecule has 2 aliphatic heterocycles. The van der Waals surface area contributed by atoms with Gasteiger partial charge >= 0.3 is 0 Å². The van der Waals surface area contributed by atoms with Crippen molar-refractivity contribution in [1.82, 2.24) is 9.80 Å². The van der Waals surface area contributed by atoms with Crippen LogP contribution in [0.25, 0.3) is 0 Å². The fraction of sp³-hybridized carbons (Fsp3) is 0.556. The first-order valence-corrected chi connectivity index (χ1v) is 9.45. The Morgan fingerprint density at radius 2 is 1.80 bits per heavy atom. The number of amides is 2. The summed E-state index contributed by atoms with van der Waals surface area (Å²) in [6, 6.07) is 7.40. The fourth-order valence-electron chi connectivity index (χ4n) is 3.15. The van der Waals surface area contributed by atoms with E-state index in [1.54, 1.807) is 16.7 Å². The molecule has 0 bridgehead atoms. The normalized spacial score (nSPS) is 21.9. The third kappa shape index (κ3) is 4.52. The highest BCUT2D eigenvalue weighted by Gasteiger charge is 2.32. The fourth-order valence-corrected chi connectivity index (χ4v) is 3.41. The highest BCUT2D eigenvalue weighted by Crippen LogP contribution is 2.19. The molecule has 0 saturated carbocycles. The number of nitrogens with zero attached hydrogens (tertiary/aromatic N) is 2. The van der Waals surface area contributed by atoms with E-state index >= 15 is 0 Å². The Morgan fingerprint density at radius 1 is 1.16 bits per heavy atom. The maximum Gasteiger partial charge on any atom is 0.263 e. The lowest BCUT2D eigenvalue weighted by Gasteiger charge is -2.36. The molecule has 2 fully saturated rings. The Morgan fingerprint density at radius 3 is 2.40 bits per heavy atom. The first-order valence-electron chi connectivity index (χ1n) is 8.66. The van der Waals surface area contributed by atoms with Crippen molar-refractivity contribution >= 4 is 27.7 Å². The maximum absolute atomic E-state index is 12.6. The molecule has 7 heteroatoms. The summed E-state index contributed by atoms with van der Waals surface area (Å²) in [5, 5.41) is 0. The number of rotatable bonds is 4. The zero-order chi connectivity index (χ0) is 17.8. The maximum atomic E-state index is 12.6. The number of halogens is 1. The van der Waals surface area contributed by atoms with Crippen LogP contribution in [0.4, 0.5) is 0 Å². The quantitative estimate of drug-likeness (QED) is 0.761.